The molecule has 9 heteroatoms. The van der Waals surface area contributed by atoms with E-state index in [2.05, 4.69) is 20.1 Å². The number of hydrogen-bond donors (Lipinski definition) is 1. The van der Waals surface area contributed by atoms with Crippen LogP contribution in [0.4, 0.5) is 5.69 Å². The van der Waals surface area contributed by atoms with E-state index in [1.807, 2.05) is 19.9 Å². The molecule has 3 fully saturated rings. The smallest absolute Gasteiger partial charge is 0.310 e. The molecule has 212 valence electrons. The third-order valence-electron chi connectivity index (χ3n) is 8.52. The summed E-state index contributed by atoms with van der Waals surface area (Å²) in [6.45, 7) is 13.7. The highest BCUT2D eigenvalue weighted by atomic mass is 35.5. The molecule has 3 heterocycles. The van der Waals surface area contributed by atoms with E-state index in [0.29, 0.717) is 23.6 Å². The molecule has 1 aromatic carbocycles. The minimum Gasteiger partial charge on any atom is -0.465 e. The zero-order chi connectivity index (χ0) is 28.5. The lowest BCUT2D eigenvalue weighted by Gasteiger charge is -2.42. The lowest BCUT2D eigenvalue weighted by atomic mass is 9.66. The van der Waals surface area contributed by atoms with Gasteiger partial charge in [0.15, 0.2) is 0 Å². The van der Waals surface area contributed by atoms with Gasteiger partial charge in [0.2, 0.25) is 5.91 Å². The SMILES string of the molecule is C=CCCCOC(=O)[C@@H]1[C@@H]2CC(C)C3(S2)C(C(=O)N(CC=C)c2ccccc2Cl)N([C@@H](CO)C(C)C)C(=O)[C@H]13. The van der Waals surface area contributed by atoms with Crippen LogP contribution in [-0.2, 0) is 19.1 Å². The first-order valence-electron chi connectivity index (χ1n) is 13.7. The molecule has 7 atom stereocenters. The average molecular weight is 575 g/mol. The Morgan fingerprint density at radius 3 is 2.64 bits per heavy atom. The number of thioether (sulfide) groups is 1. The zero-order valence-electron chi connectivity index (χ0n) is 22.9. The second kappa shape index (κ2) is 12.1. The molecule has 3 unspecified atom stereocenters. The van der Waals surface area contributed by atoms with Crippen LogP contribution >= 0.6 is 23.4 Å². The van der Waals surface area contributed by atoms with Crippen LogP contribution in [0.2, 0.25) is 5.02 Å². The second-order valence-corrected chi connectivity index (χ2v) is 13.0. The number of anilines is 1. The van der Waals surface area contributed by atoms with Gasteiger partial charge in [0.1, 0.15) is 6.04 Å². The minimum atomic E-state index is -0.880. The molecule has 1 spiro atoms. The van der Waals surface area contributed by atoms with Crippen molar-refractivity contribution in [1.29, 1.82) is 0 Å². The first kappa shape index (κ1) is 29.7. The van der Waals surface area contributed by atoms with Gasteiger partial charge in [-0.05, 0) is 43.2 Å². The molecule has 0 aliphatic carbocycles. The number of aliphatic hydroxyl groups is 1. The van der Waals surface area contributed by atoms with Crippen molar-refractivity contribution < 1.29 is 24.2 Å². The summed E-state index contributed by atoms with van der Waals surface area (Å²) in [6, 6.07) is 5.64. The molecular formula is C30H39ClN2O5S. The molecule has 0 aromatic heterocycles. The van der Waals surface area contributed by atoms with E-state index in [1.54, 1.807) is 51.9 Å². The topological polar surface area (TPSA) is 87.2 Å². The van der Waals surface area contributed by atoms with Crippen molar-refractivity contribution in [2.24, 2.45) is 23.7 Å². The normalized spacial score (nSPS) is 29.8. The molecule has 0 saturated carbocycles. The zero-order valence-corrected chi connectivity index (χ0v) is 24.5. The highest BCUT2D eigenvalue weighted by Crippen LogP contribution is 2.69. The number of likely N-dealkylation sites (tertiary alicyclic amines) is 1. The average Bonchev–Trinajstić information content (AvgIpc) is 3.49. The predicted octanol–water partition coefficient (Wildman–Crippen LogP) is 4.72. The Morgan fingerprint density at radius 1 is 1.31 bits per heavy atom. The number of carbonyl (C=O) groups is 3. The van der Waals surface area contributed by atoms with E-state index < -0.39 is 28.7 Å². The van der Waals surface area contributed by atoms with Crippen LogP contribution in [0.15, 0.2) is 49.6 Å². The monoisotopic (exact) mass is 574 g/mol. The van der Waals surface area contributed by atoms with Gasteiger partial charge in [-0.15, -0.1) is 24.9 Å². The Bertz CT molecular complexity index is 1130. The summed E-state index contributed by atoms with van der Waals surface area (Å²) in [4.78, 5) is 45.7. The van der Waals surface area contributed by atoms with Gasteiger partial charge in [0, 0.05) is 11.8 Å². The fourth-order valence-electron chi connectivity index (χ4n) is 6.74. The number of fused-ring (bicyclic) bond motifs is 1. The number of rotatable bonds is 12. The van der Waals surface area contributed by atoms with Gasteiger partial charge < -0.3 is 19.6 Å². The number of nitrogens with zero attached hydrogens (tertiary/aromatic N) is 2. The predicted molar refractivity (Wildman–Crippen MR) is 156 cm³/mol. The maximum atomic E-state index is 14.7. The molecule has 2 amide bonds. The van der Waals surface area contributed by atoms with Gasteiger partial charge in [0.25, 0.3) is 5.91 Å². The number of halogens is 1. The summed E-state index contributed by atoms with van der Waals surface area (Å²) in [6.07, 6.45) is 5.52. The van der Waals surface area contributed by atoms with E-state index in [9.17, 15) is 19.5 Å². The number of para-hydroxylation sites is 1. The molecule has 7 nitrogen and oxygen atoms in total. The molecular weight excluding hydrogens is 536 g/mol. The largest absolute Gasteiger partial charge is 0.465 e. The Balaban J connectivity index is 1.81. The molecule has 1 N–H and O–H groups in total. The Kier molecular flexibility index (Phi) is 9.19. The summed E-state index contributed by atoms with van der Waals surface area (Å²) in [5, 5.41) is 10.8. The maximum Gasteiger partial charge on any atom is 0.310 e. The first-order valence-corrected chi connectivity index (χ1v) is 15.0. The highest BCUT2D eigenvalue weighted by molar-refractivity contribution is 8.02. The number of hydrogen-bond acceptors (Lipinski definition) is 6. The van der Waals surface area contributed by atoms with E-state index in [1.165, 1.54) is 0 Å². The molecule has 2 bridgehead atoms. The summed E-state index contributed by atoms with van der Waals surface area (Å²) in [7, 11) is 0. The number of aliphatic hydroxyl groups excluding tert-OH is 1. The summed E-state index contributed by atoms with van der Waals surface area (Å²) in [5.74, 6) is -2.38. The summed E-state index contributed by atoms with van der Waals surface area (Å²) >= 11 is 8.13. The van der Waals surface area contributed by atoms with Crippen LogP contribution in [-0.4, -0.2) is 69.6 Å². The van der Waals surface area contributed by atoms with E-state index in [-0.39, 0.29) is 54.6 Å². The van der Waals surface area contributed by atoms with Crippen molar-refractivity contribution in [2.45, 2.75) is 62.1 Å². The fraction of sp³-hybridized carbons (Fsp3) is 0.567. The number of benzene rings is 1. The van der Waals surface area contributed by atoms with Gasteiger partial charge in [-0.2, -0.15) is 0 Å². The van der Waals surface area contributed by atoms with Gasteiger partial charge in [-0.3, -0.25) is 14.4 Å². The van der Waals surface area contributed by atoms with E-state index in [0.717, 1.165) is 6.42 Å². The van der Waals surface area contributed by atoms with Crippen LogP contribution < -0.4 is 4.90 Å². The molecule has 0 radical (unpaired) electrons. The van der Waals surface area contributed by atoms with Gasteiger partial charge in [-0.25, -0.2) is 0 Å². The van der Waals surface area contributed by atoms with E-state index in [4.69, 9.17) is 16.3 Å². The molecule has 3 aliphatic rings. The van der Waals surface area contributed by atoms with Crippen LogP contribution in [0.25, 0.3) is 0 Å². The van der Waals surface area contributed by atoms with Crippen LogP contribution in [0.1, 0.15) is 40.0 Å². The summed E-state index contributed by atoms with van der Waals surface area (Å²) < 4.78 is 4.83. The van der Waals surface area contributed by atoms with Crippen molar-refractivity contribution in [3.63, 3.8) is 0 Å². The number of unbranched alkanes of at least 4 members (excludes halogenated alkanes) is 1. The van der Waals surface area contributed by atoms with Gasteiger partial charge in [-0.1, -0.05) is 56.7 Å². The second-order valence-electron chi connectivity index (χ2n) is 11.1. The third-order valence-corrected chi connectivity index (χ3v) is 10.9. The van der Waals surface area contributed by atoms with Crippen molar-refractivity contribution in [3.05, 3.63) is 54.6 Å². The molecule has 3 saturated heterocycles. The number of amides is 2. The molecule has 3 aliphatic heterocycles. The van der Waals surface area contributed by atoms with E-state index >= 15 is 0 Å². The Morgan fingerprint density at radius 2 is 2.03 bits per heavy atom. The minimum absolute atomic E-state index is 0.00597. The number of ether oxygens (including phenoxy) is 1. The standard InChI is InChI=1S/C30H39ClN2O5S/c1-6-8-11-15-38-29(37)24-23-16-19(5)30(39-23)25(24)27(35)33(22(17-34)18(3)4)26(30)28(36)32(14-7-2)21-13-10-9-12-20(21)31/h6-7,9-10,12-13,18-19,22-26,34H,1-2,8,11,14-17H2,3-5H3/t19?,22-,23-,24+,25-,26?,30?/m0/s1. The number of carbonyl (C=O) groups excluding carboxylic acids is 3. The van der Waals surface area contributed by atoms with Crippen molar-refractivity contribution >= 4 is 46.8 Å². The van der Waals surface area contributed by atoms with Crippen LogP contribution in [0, 0.1) is 23.7 Å². The molecule has 1 aromatic rings. The molecule has 4 rings (SSSR count). The highest BCUT2D eigenvalue weighted by Gasteiger charge is 2.77. The first-order chi connectivity index (χ1) is 18.6. The van der Waals surface area contributed by atoms with Crippen molar-refractivity contribution in [2.75, 3.05) is 24.7 Å². The van der Waals surface area contributed by atoms with Gasteiger partial charge in [0.05, 0.1) is 46.5 Å². The molecule has 39 heavy (non-hydrogen) atoms. The van der Waals surface area contributed by atoms with Crippen LogP contribution in [0.5, 0.6) is 0 Å². The number of allylic oxidation sites excluding steroid dienone is 1. The van der Waals surface area contributed by atoms with Gasteiger partial charge >= 0.3 is 5.97 Å². The van der Waals surface area contributed by atoms with Crippen molar-refractivity contribution in [1.82, 2.24) is 4.90 Å². The maximum absolute atomic E-state index is 14.7. The Hall–Kier alpha value is -2.29. The fourth-order valence-corrected chi connectivity index (χ4v) is 9.36. The van der Waals surface area contributed by atoms with Crippen LogP contribution in [0.3, 0.4) is 0 Å². The summed E-state index contributed by atoms with van der Waals surface area (Å²) in [5.41, 5.74) is 0.532. The lowest BCUT2D eigenvalue weighted by molar-refractivity contribution is -0.155. The Labute approximate surface area is 240 Å². The quantitative estimate of drug-likeness (QED) is 0.221. The van der Waals surface area contributed by atoms with Crippen molar-refractivity contribution in [3.8, 4) is 0 Å². The third kappa shape index (κ3) is 4.93. The lowest BCUT2D eigenvalue weighted by Crippen LogP contribution is -2.60. The number of esters is 1.